The van der Waals surface area contributed by atoms with E-state index >= 15 is 0 Å². The maximum Gasteiger partial charge on any atom is 0.368 e. The quantitative estimate of drug-likeness (QED) is 0.282. The molecule has 0 aliphatic carbocycles. The van der Waals surface area contributed by atoms with Gasteiger partial charge in [0, 0.05) is 3.44 Å². The topological polar surface area (TPSA) is 179 Å². The number of rotatable bonds is 5. The molecule has 15 heavy (non-hydrogen) atoms. The number of nitrogens with two attached hydrogens (primary N) is 2. The van der Waals surface area contributed by atoms with Gasteiger partial charge in [0.2, 0.25) is 0 Å². The summed E-state index contributed by atoms with van der Waals surface area (Å²) in [5.41, 5.74) is 10.4. The first-order valence-electron chi connectivity index (χ1n) is 4.00. The zero-order valence-corrected chi connectivity index (χ0v) is 10.1. The Morgan fingerprint density at radius 3 is 2.00 bits per heavy atom. The second-order valence-electron chi connectivity index (χ2n) is 2.63. The third-order valence-electron chi connectivity index (χ3n) is 1.29. The van der Waals surface area contributed by atoms with E-state index in [1.165, 1.54) is 0 Å². The molecule has 92 valence electrons. The van der Waals surface area contributed by atoms with E-state index in [1.807, 2.05) is 0 Å². The Morgan fingerprint density at radius 2 is 1.73 bits per heavy atom. The Labute approximate surface area is 93.2 Å². The molecule has 8 nitrogen and oxygen atoms in total. The van der Waals surface area contributed by atoms with Gasteiger partial charge >= 0.3 is 26.1 Å². The van der Waals surface area contributed by atoms with Crippen LogP contribution in [0.1, 0.15) is 19.3 Å². The normalized spacial score (nSPS) is 12.7. The van der Waals surface area contributed by atoms with Crippen molar-refractivity contribution in [2.75, 3.05) is 6.54 Å². The number of unbranched alkanes of at least 4 members (excludes halogenated alkanes) is 1. The van der Waals surface area contributed by atoms with Gasteiger partial charge in [-0.05, 0) is 19.4 Å². The molecule has 0 saturated carbocycles. The predicted molar refractivity (Wildman–Crippen MR) is 40.7 cm³/mol. The summed E-state index contributed by atoms with van der Waals surface area (Å²) >= 11 is -5.69. The number of hydrogen-bond acceptors (Lipinski definition) is 7. The first kappa shape index (κ1) is 17.4. The molecule has 0 rings (SSSR count). The van der Waals surface area contributed by atoms with Crippen LogP contribution in [0.3, 0.4) is 0 Å². The lowest BCUT2D eigenvalue weighted by Gasteiger charge is -2.03. The lowest BCUT2D eigenvalue weighted by atomic mass is 10.1. The van der Waals surface area contributed by atoms with E-state index in [-0.39, 0.29) is 0 Å². The van der Waals surface area contributed by atoms with Gasteiger partial charge in [0.25, 0.3) is 0 Å². The molecular formula is C6H15IN2O6. The average molecular weight is 338 g/mol. The Hall–Kier alpha value is -0.0400. The molecule has 0 aliphatic rings. The smallest absolute Gasteiger partial charge is 0.368 e. The molecule has 0 spiro atoms. The van der Waals surface area contributed by atoms with Gasteiger partial charge in [0.05, 0.1) is 0 Å². The van der Waals surface area contributed by atoms with E-state index in [0.29, 0.717) is 13.0 Å². The molecule has 0 aliphatic heterocycles. The highest BCUT2D eigenvalue weighted by Crippen LogP contribution is 1.96. The van der Waals surface area contributed by atoms with Crippen LogP contribution in [0, 0.1) is 0 Å². The molecule has 9 heteroatoms. The van der Waals surface area contributed by atoms with Crippen LogP contribution in [0.15, 0.2) is 0 Å². The molecule has 1 atom stereocenters. The molecule has 0 amide bonds. The van der Waals surface area contributed by atoms with E-state index in [9.17, 15) is 4.79 Å². The van der Waals surface area contributed by atoms with Crippen molar-refractivity contribution in [1.82, 2.24) is 0 Å². The summed E-state index contributed by atoms with van der Waals surface area (Å²) in [7, 11) is 0. The highest BCUT2D eigenvalue weighted by atomic mass is 127. The monoisotopic (exact) mass is 338 g/mol. The van der Waals surface area contributed by atoms with Gasteiger partial charge in [0.15, 0.2) is 0 Å². The van der Waals surface area contributed by atoms with E-state index in [0.717, 1.165) is 12.8 Å². The van der Waals surface area contributed by atoms with Gasteiger partial charge in [-0.1, -0.05) is 6.42 Å². The molecular weight excluding hydrogens is 323 g/mol. The van der Waals surface area contributed by atoms with Gasteiger partial charge in [-0.25, -0.2) is 0 Å². The van der Waals surface area contributed by atoms with Crippen molar-refractivity contribution in [1.29, 1.82) is 0 Å². The Kier molecular flexibility index (Phi) is 10.7. The summed E-state index contributed by atoms with van der Waals surface area (Å²) in [6.07, 6.45) is 2.16. The van der Waals surface area contributed by atoms with Crippen molar-refractivity contribution in [2.24, 2.45) is 11.5 Å². The number of carbonyl (C=O) groups is 1. The fourth-order valence-electron chi connectivity index (χ4n) is 0.632. The minimum atomic E-state index is -5.69. The van der Waals surface area contributed by atoms with Gasteiger partial charge in [-0.15, -0.1) is 0 Å². The van der Waals surface area contributed by atoms with Crippen molar-refractivity contribution >= 4 is 5.97 Å². The van der Waals surface area contributed by atoms with E-state index in [4.69, 9.17) is 30.3 Å². The molecule has 0 aromatic heterocycles. The van der Waals surface area contributed by atoms with Crippen molar-refractivity contribution in [3.05, 3.63) is 0 Å². The minimum Gasteiger partial charge on any atom is -0.480 e. The molecule has 0 saturated heterocycles. The Balaban J connectivity index is 0. The molecule has 0 aromatic rings. The summed E-state index contributed by atoms with van der Waals surface area (Å²) in [5, 5.41) is 8.33. The fraction of sp³-hybridized carbons (Fsp3) is 0.833. The zero-order chi connectivity index (χ0) is 12.5. The van der Waals surface area contributed by atoms with Gasteiger partial charge in [-0.2, -0.15) is 0 Å². The average Bonchev–Trinajstić information content (AvgIpc) is 2.01. The maximum absolute atomic E-state index is 10.1. The van der Waals surface area contributed by atoms with Crippen LogP contribution >= 0.6 is 0 Å². The zero-order valence-electron chi connectivity index (χ0n) is 7.97. The van der Waals surface area contributed by atoms with Gasteiger partial charge < -0.3 is 16.6 Å². The summed E-state index contributed by atoms with van der Waals surface area (Å²) in [6.45, 7) is 0.604. The largest absolute Gasteiger partial charge is 0.480 e. The maximum atomic E-state index is 10.1. The van der Waals surface area contributed by atoms with Crippen LogP contribution in [-0.4, -0.2) is 27.1 Å². The van der Waals surface area contributed by atoms with Crippen molar-refractivity contribution in [2.45, 2.75) is 25.3 Å². The first-order chi connectivity index (χ1) is 6.68. The van der Waals surface area contributed by atoms with E-state index < -0.39 is 32.1 Å². The first-order valence-corrected chi connectivity index (χ1v) is 7.61. The third-order valence-corrected chi connectivity index (χ3v) is 1.29. The molecule has 0 heterocycles. The summed E-state index contributed by atoms with van der Waals surface area (Å²) < 4.78 is 33.2. The van der Waals surface area contributed by atoms with Crippen LogP contribution in [-0.2, 0) is 4.79 Å². The van der Waals surface area contributed by atoms with Crippen molar-refractivity contribution in [3.8, 4) is 0 Å². The molecule has 0 fully saturated rings. The summed E-state index contributed by atoms with van der Waals surface area (Å²) in [5.74, 6) is -0.933. The third kappa shape index (κ3) is 24.9. The molecule has 0 aromatic carbocycles. The van der Waals surface area contributed by atoms with Crippen molar-refractivity contribution in [3.63, 3.8) is 0 Å². The van der Waals surface area contributed by atoms with E-state index in [1.54, 1.807) is 0 Å². The van der Waals surface area contributed by atoms with Crippen LogP contribution in [0.2, 0.25) is 0 Å². The summed E-state index contributed by atoms with van der Waals surface area (Å²) in [6, 6.07) is -0.716. The molecule has 0 radical (unpaired) electrons. The SMILES string of the molecule is NCCCC[C@H](N)C(=O)O.[O-][I+3]([O-])([O-])O. The number of carboxylic acids is 1. The lowest BCUT2D eigenvalue weighted by molar-refractivity contribution is -1.92. The summed E-state index contributed by atoms with van der Waals surface area (Å²) in [4.78, 5) is 10.1. The van der Waals surface area contributed by atoms with Crippen LogP contribution in [0.25, 0.3) is 0 Å². The Morgan fingerprint density at radius 1 is 1.33 bits per heavy atom. The number of halogens is 1. The van der Waals surface area contributed by atoms with Gasteiger partial charge in [-0.3, -0.25) is 15.1 Å². The Bertz CT molecular complexity index is 167. The lowest BCUT2D eigenvalue weighted by Crippen LogP contribution is -4.23. The van der Waals surface area contributed by atoms with Crippen LogP contribution in [0.4, 0.5) is 0 Å². The number of carboxylic acid groups (broad SMARTS) is 1. The standard InChI is InChI=1S/C6H14N2O2.HIO4/c7-4-2-1-3-5(8)6(9)10;2-1(3,4)5/h5H,1-4,7-8H2,(H,9,10);2H/t5-;/m0./s1. The second-order valence-corrected chi connectivity index (χ2v) is 4.89. The minimum absolute atomic E-state index is 0.520. The van der Waals surface area contributed by atoms with Crippen molar-refractivity contribution < 1.29 is 43.7 Å². The number of aliphatic carboxylic acids is 1. The predicted octanol–water partition coefficient (Wildman–Crippen LogP) is -7.59. The van der Waals surface area contributed by atoms with Crippen LogP contribution < -0.4 is 41.9 Å². The van der Waals surface area contributed by atoms with Crippen LogP contribution in [0.5, 0.6) is 0 Å². The highest BCUT2D eigenvalue weighted by Gasteiger charge is 2.12. The molecule has 0 bridgehead atoms. The highest BCUT2D eigenvalue weighted by molar-refractivity contribution is 5.72. The molecule has 0 unspecified atom stereocenters. The fourth-order valence-corrected chi connectivity index (χ4v) is 0.632. The second kappa shape index (κ2) is 9.21. The molecule has 6 N–H and O–H groups in total. The van der Waals surface area contributed by atoms with E-state index in [2.05, 4.69) is 0 Å². The van der Waals surface area contributed by atoms with Gasteiger partial charge in [0.1, 0.15) is 6.04 Å². The number of hydrogen-bond donors (Lipinski definition) is 4.